The van der Waals surface area contributed by atoms with Crippen LogP contribution < -0.4 is 0 Å². The lowest BCUT2D eigenvalue weighted by Gasteiger charge is -2.10. The zero-order valence-electron chi connectivity index (χ0n) is 11.2. The van der Waals surface area contributed by atoms with Gasteiger partial charge in [-0.3, -0.25) is 0 Å². The Bertz CT molecular complexity index is 523. The van der Waals surface area contributed by atoms with E-state index in [9.17, 15) is 0 Å². The highest BCUT2D eigenvalue weighted by molar-refractivity contribution is 9.08. The van der Waals surface area contributed by atoms with Crippen LogP contribution in [0.5, 0.6) is 0 Å². The van der Waals surface area contributed by atoms with Crippen LogP contribution in [0.4, 0.5) is 0 Å². The lowest BCUT2D eigenvalue weighted by Crippen LogP contribution is -2.04. The second kappa shape index (κ2) is 5.70. The molecule has 0 saturated heterocycles. The first-order valence-corrected chi connectivity index (χ1v) is 7.48. The molecular formula is C15H19BrN2. The van der Waals surface area contributed by atoms with E-state index in [-0.39, 0.29) is 0 Å². The van der Waals surface area contributed by atoms with Crippen molar-refractivity contribution in [3.63, 3.8) is 0 Å². The van der Waals surface area contributed by atoms with E-state index in [4.69, 9.17) is 0 Å². The van der Waals surface area contributed by atoms with Gasteiger partial charge in [-0.15, -0.1) is 0 Å². The van der Waals surface area contributed by atoms with Gasteiger partial charge in [-0.2, -0.15) is 5.10 Å². The Labute approximate surface area is 117 Å². The summed E-state index contributed by atoms with van der Waals surface area (Å²) in [5, 5.41) is 5.41. The summed E-state index contributed by atoms with van der Waals surface area (Å²) in [6.45, 7) is 6.46. The summed E-state index contributed by atoms with van der Waals surface area (Å²) in [5.41, 5.74) is 6.34. The van der Waals surface area contributed by atoms with E-state index >= 15 is 0 Å². The average molecular weight is 307 g/mol. The van der Waals surface area contributed by atoms with Crippen LogP contribution in [0.3, 0.4) is 0 Å². The lowest BCUT2D eigenvalue weighted by molar-refractivity contribution is 0.770. The third-order valence-electron chi connectivity index (χ3n) is 3.04. The molecule has 0 fully saturated rings. The predicted molar refractivity (Wildman–Crippen MR) is 79.7 cm³/mol. The number of aryl methyl sites for hydroxylation is 2. The van der Waals surface area contributed by atoms with E-state index in [1.165, 1.54) is 28.1 Å². The van der Waals surface area contributed by atoms with Crippen molar-refractivity contribution in [2.24, 2.45) is 0 Å². The molecule has 1 aromatic carbocycles. The standard InChI is InChI=1S/C15H19BrN2/c1-4-5-15-13(9-16)10-17-18(15)14-7-11(2)6-12(3)8-14/h6-8,10H,4-5,9H2,1-3H3. The normalized spacial score (nSPS) is 10.9. The topological polar surface area (TPSA) is 17.8 Å². The number of nitrogens with zero attached hydrogens (tertiary/aromatic N) is 2. The largest absolute Gasteiger partial charge is 0.237 e. The van der Waals surface area contributed by atoms with Crippen molar-refractivity contribution >= 4 is 15.9 Å². The van der Waals surface area contributed by atoms with Gasteiger partial charge in [0.1, 0.15) is 0 Å². The van der Waals surface area contributed by atoms with Gasteiger partial charge in [0.2, 0.25) is 0 Å². The highest BCUT2D eigenvalue weighted by atomic mass is 79.9. The second-order valence-corrected chi connectivity index (χ2v) is 5.32. The van der Waals surface area contributed by atoms with Crippen LogP contribution in [0, 0.1) is 13.8 Å². The summed E-state index contributed by atoms with van der Waals surface area (Å²) in [5.74, 6) is 0. The third-order valence-corrected chi connectivity index (χ3v) is 3.64. The molecular weight excluding hydrogens is 288 g/mol. The first-order valence-electron chi connectivity index (χ1n) is 6.36. The second-order valence-electron chi connectivity index (χ2n) is 4.76. The fraction of sp³-hybridized carbons (Fsp3) is 0.400. The average Bonchev–Trinajstić information content (AvgIpc) is 2.71. The molecule has 0 amide bonds. The number of aromatic nitrogens is 2. The van der Waals surface area contributed by atoms with Crippen molar-refractivity contribution in [3.05, 3.63) is 46.8 Å². The molecule has 2 aromatic rings. The van der Waals surface area contributed by atoms with E-state index in [0.29, 0.717) is 0 Å². The molecule has 0 saturated carbocycles. The molecule has 3 heteroatoms. The molecule has 2 rings (SSSR count). The van der Waals surface area contributed by atoms with Gasteiger partial charge in [-0.25, -0.2) is 4.68 Å². The lowest BCUT2D eigenvalue weighted by atomic mass is 10.1. The van der Waals surface area contributed by atoms with Crippen LogP contribution >= 0.6 is 15.9 Å². The SMILES string of the molecule is CCCc1c(CBr)cnn1-c1cc(C)cc(C)c1. The van der Waals surface area contributed by atoms with Gasteiger partial charge in [-0.05, 0) is 43.5 Å². The maximum Gasteiger partial charge on any atom is 0.0654 e. The van der Waals surface area contributed by atoms with Gasteiger partial charge < -0.3 is 0 Å². The Morgan fingerprint density at radius 1 is 1.17 bits per heavy atom. The Morgan fingerprint density at radius 3 is 2.39 bits per heavy atom. The van der Waals surface area contributed by atoms with Crippen molar-refractivity contribution < 1.29 is 0 Å². The Hall–Kier alpha value is -1.09. The maximum absolute atomic E-state index is 4.54. The number of alkyl halides is 1. The molecule has 18 heavy (non-hydrogen) atoms. The van der Waals surface area contributed by atoms with E-state index in [1.54, 1.807) is 0 Å². The molecule has 0 aliphatic rings. The number of rotatable bonds is 4. The molecule has 0 spiro atoms. The summed E-state index contributed by atoms with van der Waals surface area (Å²) in [4.78, 5) is 0. The minimum absolute atomic E-state index is 0.868. The van der Waals surface area contributed by atoms with Crippen molar-refractivity contribution in [3.8, 4) is 5.69 Å². The summed E-state index contributed by atoms with van der Waals surface area (Å²) < 4.78 is 2.08. The van der Waals surface area contributed by atoms with Gasteiger partial charge in [-0.1, -0.05) is 35.3 Å². The minimum Gasteiger partial charge on any atom is -0.237 e. The van der Waals surface area contributed by atoms with Crippen LogP contribution in [0.1, 0.15) is 35.7 Å². The molecule has 0 aliphatic carbocycles. The molecule has 1 heterocycles. The highest BCUT2D eigenvalue weighted by Crippen LogP contribution is 2.20. The number of benzene rings is 1. The van der Waals surface area contributed by atoms with Crippen molar-refractivity contribution in [2.75, 3.05) is 0 Å². The molecule has 1 aromatic heterocycles. The molecule has 0 aliphatic heterocycles. The predicted octanol–water partition coefficient (Wildman–Crippen LogP) is 4.34. The highest BCUT2D eigenvalue weighted by Gasteiger charge is 2.11. The van der Waals surface area contributed by atoms with E-state index in [1.807, 2.05) is 6.20 Å². The zero-order valence-corrected chi connectivity index (χ0v) is 12.8. The first kappa shape index (κ1) is 13.3. The Morgan fingerprint density at radius 2 is 1.83 bits per heavy atom. The van der Waals surface area contributed by atoms with Crippen molar-refractivity contribution in [1.29, 1.82) is 0 Å². The Kier molecular flexibility index (Phi) is 4.23. The van der Waals surface area contributed by atoms with E-state index in [0.717, 1.165) is 18.2 Å². The van der Waals surface area contributed by atoms with Crippen LogP contribution in [0.25, 0.3) is 5.69 Å². The van der Waals surface area contributed by atoms with E-state index in [2.05, 4.69) is 64.7 Å². The van der Waals surface area contributed by atoms with Crippen LogP contribution in [0.15, 0.2) is 24.4 Å². The van der Waals surface area contributed by atoms with Crippen LogP contribution in [-0.4, -0.2) is 9.78 Å². The monoisotopic (exact) mass is 306 g/mol. The molecule has 2 nitrogen and oxygen atoms in total. The van der Waals surface area contributed by atoms with Crippen molar-refractivity contribution in [2.45, 2.75) is 38.9 Å². The van der Waals surface area contributed by atoms with E-state index < -0.39 is 0 Å². The number of halogens is 1. The summed E-state index contributed by atoms with van der Waals surface area (Å²) in [6, 6.07) is 6.58. The van der Waals surface area contributed by atoms with Gasteiger partial charge in [0.25, 0.3) is 0 Å². The molecule has 0 N–H and O–H groups in total. The molecule has 0 unspecified atom stereocenters. The fourth-order valence-electron chi connectivity index (χ4n) is 2.32. The minimum atomic E-state index is 0.868. The van der Waals surface area contributed by atoms with Crippen LogP contribution in [-0.2, 0) is 11.8 Å². The quantitative estimate of drug-likeness (QED) is 0.768. The first-order chi connectivity index (χ1) is 8.65. The molecule has 0 bridgehead atoms. The van der Waals surface area contributed by atoms with Gasteiger partial charge in [0, 0.05) is 16.6 Å². The maximum atomic E-state index is 4.54. The molecule has 0 atom stereocenters. The van der Waals surface area contributed by atoms with Crippen LogP contribution in [0.2, 0.25) is 0 Å². The van der Waals surface area contributed by atoms with Crippen molar-refractivity contribution in [1.82, 2.24) is 9.78 Å². The zero-order chi connectivity index (χ0) is 13.1. The Balaban J connectivity index is 2.52. The van der Waals surface area contributed by atoms with Gasteiger partial charge in [0.15, 0.2) is 0 Å². The van der Waals surface area contributed by atoms with Gasteiger partial charge in [0.05, 0.1) is 11.9 Å². The summed E-state index contributed by atoms with van der Waals surface area (Å²) >= 11 is 3.54. The molecule has 0 radical (unpaired) electrons. The number of hydrogen-bond acceptors (Lipinski definition) is 1. The third kappa shape index (κ3) is 2.66. The smallest absolute Gasteiger partial charge is 0.0654 e. The number of hydrogen-bond donors (Lipinski definition) is 0. The fourth-order valence-corrected chi connectivity index (χ4v) is 2.79. The summed E-state index contributed by atoms with van der Waals surface area (Å²) in [6.07, 6.45) is 4.17. The van der Waals surface area contributed by atoms with Gasteiger partial charge >= 0.3 is 0 Å². The molecule has 96 valence electrons. The summed E-state index contributed by atoms with van der Waals surface area (Å²) in [7, 11) is 0.